The number of benzene rings is 1. The number of rotatable bonds is 8. The minimum Gasteiger partial charge on any atom is -0.369 e. The molecule has 35 heavy (non-hydrogen) atoms. The number of anilines is 2. The molecule has 0 bridgehead atoms. The summed E-state index contributed by atoms with van der Waals surface area (Å²) in [5, 5.41) is 0. The van der Waals surface area contributed by atoms with Crippen LogP contribution in [0.5, 0.6) is 0 Å². The number of hydrogen-bond donors (Lipinski definition) is 0. The molecule has 0 amide bonds. The van der Waals surface area contributed by atoms with E-state index in [1.54, 1.807) is 0 Å². The summed E-state index contributed by atoms with van der Waals surface area (Å²) < 4.78 is 38.2. The molecular formula is C27H35F3N4O. The molecule has 2 aliphatic heterocycles. The van der Waals surface area contributed by atoms with Crippen molar-refractivity contribution in [2.45, 2.75) is 45.2 Å². The second-order valence-electron chi connectivity index (χ2n) is 9.67. The Hall–Kier alpha value is -2.61. The maximum atomic E-state index is 12.7. The predicted molar refractivity (Wildman–Crippen MR) is 133 cm³/mol. The Bertz CT molecular complexity index is 946. The van der Waals surface area contributed by atoms with Gasteiger partial charge in [-0.1, -0.05) is 19.1 Å². The molecule has 0 unspecified atom stereocenters. The molecule has 3 heterocycles. The lowest BCUT2D eigenvalue weighted by atomic mass is 9.91. The van der Waals surface area contributed by atoms with Crippen molar-refractivity contribution >= 4 is 17.3 Å². The Balaban J connectivity index is 1.14. The molecule has 0 aliphatic carbocycles. The Kier molecular flexibility index (Phi) is 8.31. The highest BCUT2D eigenvalue weighted by Crippen LogP contribution is 2.30. The molecule has 0 N–H and O–H groups in total. The highest BCUT2D eigenvalue weighted by Gasteiger charge is 2.31. The lowest BCUT2D eigenvalue weighted by Gasteiger charge is -2.36. The fourth-order valence-corrected chi connectivity index (χ4v) is 4.99. The van der Waals surface area contributed by atoms with Crippen molar-refractivity contribution < 1.29 is 18.0 Å². The summed E-state index contributed by atoms with van der Waals surface area (Å²) in [5.41, 5.74) is 1.90. The number of piperazine rings is 1. The smallest absolute Gasteiger partial charge is 0.369 e. The first kappa shape index (κ1) is 25.5. The van der Waals surface area contributed by atoms with Gasteiger partial charge in [-0.2, -0.15) is 13.2 Å². The van der Waals surface area contributed by atoms with E-state index in [2.05, 4.69) is 46.0 Å². The molecule has 0 saturated carbocycles. The van der Waals surface area contributed by atoms with Crippen molar-refractivity contribution in [2.75, 3.05) is 55.6 Å². The topological polar surface area (TPSA) is 39.7 Å². The van der Waals surface area contributed by atoms with Crippen LogP contribution in [0.25, 0.3) is 0 Å². The van der Waals surface area contributed by atoms with Gasteiger partial charge in [0.2, 0.25) is 0 Å². The highest BCUT2D eigenvalue weighted by atomic mass is 19.4. The Labute approximate surface area is 205 Å². The third-order valence-corrected chi connectivity index (χ3v) is 7.32. The number of Topliss-reactive ketones (excluding diaryl/α,β-unsaturated/α-hetero) is 1. The number of nitrogens with zero attached hydrogens (tertiary/aromatic N) is 4. The number of alkyl halides is 3. The van der Waals surface area contributed by atoms with Gasteiger partial charge in [0.15, 0.2) is 0 Å². The third kappa shape index (κ3) is 6.97. The Morgan fingerprint density at radius 1 is 0.943 bits per heavy atom. The highest BCUT2D eigenvalue weighted by molar-refractivity contribution is 5.78. The van der Waals surface area contributed by atoms with Gasteiger partial charge in [0, 0.05) is 70.5 Å². The SMILES string of the molecule is CCc1ccc(N2CCN(CCC(=O)CC3CCN(c4ccc(C(F)(F)F)cn4)CC3)CC2)cc1. The molecule has 1 aromatic carbocycles. The monoisotopic (exact) mass is 488 g/mol. The van der Waals surface area contributed by atoms with E-state index in [-0.39, 0.29) is 0 Å². The number of ketones is 1. The van der Waals surface area contributed by atoms with E-state index >= 15 is 0 Å². The van der Waals surface area contributed by atoms with E-state index in [9.17, 15) is 18.0 Å². The van der Waals surface area contributed by atoms with Crippen LogP contribution in [0.4, 0.5) is 24.7 Å². The van der Waals surface area contributed by atoms with Gasteiger partial charge in [0.25, 0.3) is 0 Å². The molecule has 5 nitrogen and oxygen atoms in total. The molecule has 0 atom stereocenters. The van der Waals surface area contributed by atoms with Crippen molar-refractivity contribution in [2.24, 2.45) is 5.92 Å². The van der Waals surface area contributed by atoms with Gasteiger partial charge in [-0.05, 0) is 55.0 Å². The van der Waals surface area contributed by atoms with Gasteiger partial charge < -0.3 is 9.80 Å². The molecular weight excluding hydrogens is 453 g/mol. The molecule has 4 rings (SSSR count). The summed E-state index contributed by atoms with van der Waals surface area (Å²) in [7, 11) is 0. The number of hydrogen-bond acceptors (Lipinski definition) is 5. The number of piperidine rings is 1. The first-order valence-electron chi connectivity index (χ1n) is 12.7. The van der Waals surface area contributed by atoms with Crippen LogP contribution in [0.3, 0.4) is 0 Å². The van der Waals surface area contributed by atoms with Crippen LogP contribution in [0.15, 0.2) is 42.6 Å². The minimum absolute atomic E-state index is 0.314. The van der Waals surface area contributed by atoms with Gasteiger partial charge in [0.05, 0.1) is 5.56 Å². The lowest BCUT2D eigenvalue weighted by molar-refractivity contribution is -0.137. The number of pyridine rings is 1. The number of aromatic nitrogens is 1. The molecule has 0 radical (unpaired) electrons. The zero-order valence-corrected chi connectivity index (χ0v) is 20.4. The summed E-state index contributed by atoms with van der Waals surface area (Å²) in [6.45, 7) is 8.33. The van der Waals surface area contributed by atoms with Crippen molar-refractivity contribution in [1.29, 1.82) is 0 Å². The molecule has 1 aromatic heterocycles. The Morgan fingerprint density at radius 3 is 2.20 bits per heavy atom. The van der Waals surface area contributed by atoms with E-state index in [1.165, 1.54) is 17.3 Å². The van der Waals surface area contributed by atoms with Gasteiger partial charge in [0.1, 0.15) is 11.6 Å². The summed E-state index contributed by atoms with van der Waals surface area (Å²) >= 11 is 0. The van der Waals surface area contributed by atoms with Crippen LogP contribution < -0.4 is 9.80 Å². The number of halogens is 3. The fraction of sp³-hybridized carbons (Fsp3) is 0.556. The van der Waals surface area contributed by atoms with Crippen LogP contribution >= 0.6 is 0 Å². The van der Waals surface area contributed by atoms with E-state index in [0.717, 1.165) is 77.3 Å². The second-order valence-corrected chi connectivity index (χ2v) is 9.67. The first-order chi connectivity index (χ1) is 16.8. The maximum absolute atomic E-state index is 12.7. The fourth-order valence-electron chi connectivity index (χ4n) is 4.99. The van der Waals surface area contributed by atoms with E-state index in [4.69, 9.17) is 0 Å². The predicted octanol–water partition coefficient (Wildman–Crippen LogP) is 5.05. The molecule has 2 aliphatic rings. The molecule has 190 valence electrons. The van der Waals surface area contributed by atoms with Crippen LogP contribution in [-0.2, 0) is 17.4 Å². The van der Waals surface area contributed by atoms with E-state index in [1.807, 2.05) is 4.90 Å². The van der Waals surface area contributed by atoms with Crippen molar-refractivity contribution in [3.8, 4) is 0 Å². The second kappa shape index (κ2) is 11.4. The zero-order valence-electron chi connectivity index (χ0n) is 20.4. The normalized spacial score (nSPS) is 18.2. The molecule has 2 aromatic rings. The van der Waals surface area contributed by atoms with Gasteiger partial charge in [-0.15, -0.1) is 0 Å². The number of carbonyl (C=O) groups is 1. The largest absolute Gasteiger partial charge is 0.417 e. The van der Waals surface area contributed by atoms with E-state index < -0.39 is 11.7 Å². The lowest BCUT2D eigenvalue weighted by Crippen LogP contribution is -2.47. The van der Waals surface area contributed by atoms with Gasteiger partial charge in [-0.25, -0.2) is 4.98 Å². The average Bonchev–Trinajstić information content (AvgIpc) is 2.88. The third-order valence-electron chi connectivity index (χ3n) is 7.32. The van der Waals surface area contributed by atoms with Gasteiger partial charge in [-0.3, -0.25) is 9.69 Å². The summed E-state index contributed by atoms with van der Waals surface area (Å²) in [4.78, 5) is 23.4. The van der Waals surface area contributed by atoms with Gasteiger partial charge >= 0.3 is 6.18 Å². The summed E-state index contributed by atoms with van der Waals surface area (Å²) in [5.74, 6) is 1.23. The quantitative estimate of drug-likeness (QED) is 0.520. The number of aryl methyl sites for hydroxylation is 1. The molecule has 2 fully saturated rings. The maximum Gasteiger partial charge on any atom is 0.417 e. The van der Waals surface area contributed by atoms with Crippen LogP contribution in [0.1, 0.15) is 43.7 Å². The standard InChI is InChI=1S/C27H35F3N4O/c1-2-21-3-6-24(7-4-21)33-17-15-32(16-18-33)12-11-25(35)19-22-9-13-34(14-10-22)26-8-5-23(20-31-26)27(28,29)30/h3-8,20,22H,2,9-19H2,1H3. The summed E-state index contributed by atoms with van der Waals surface area (Å²) in [6.07, 6.45) is 0.495. The van der Waals surface area contributed by atoms with Crippen molar-refractivity contribution in [1.82, 2.24) is 9.88 Å². The van der Waals surface area contributed by atoms with Crippen molar-refractivity contribution in [3.05, 3.63) is 53.7 Å². The first-order valence-corrected chi connectivity index (χ1v) is 12.7. The van der Waals surface area contributed by atoms with Crippen LogP contribution in [0.2, 0.25) is 0 Å². The molecule has 2 saturated heterocycles. The minimum atomic E-state index is -4.37. The number of carbonyl (C=O) groups excluding carboxylic acids is 1. The van der Waals surface area contributed by atoms with E-state index in [0.29, 0.717) is 30.4 Å². The average molecular weight is 489 g/mol. The molecule has 8 heteroatoms. The summed E-state index contributed by atoms with van der Waals surface area (Å²) in [6, 6.07) is 11.3. The zero-order chi connectivity index (χ0) is 24.8. The van der Waals surface area contributed by atoms with Crippen LogP contribution in [-0.4, -0.2) is 61.5 Å². The van der Waals surface area contributed by atoms with Crippen LogP contribution in [0, 0.1) is 5.92 Å². The van der Waals surface area contributed by atoms with Crippen molar-refractivity contribution in [3.63, 3.8) is 0 Å². The Morgan fingerprint density at radius 2 is 1.63 bits per heavy atom. The molecule has 0 spiro atoms.